The molecule has 0 bridgehead atoms. The minimum absolute atomic E-state index is 0.00389. The van der Waals surface area contributed by atoms with E-state index in [1.54, 1.807) is 4.90 Å². The molecule has 0 aromatic rings. The molecule has 8 nitrogen and oxygen atoms in total. The van der Waals surface area contributed by atoms with Crippen LogP contribution in [0.25, 0.3) is 0 Å². The van der Waals surface area contributed by atoms with E-state index in [4.69, 9.17) is 0 Å². The maximum Gasteiger partial charge on any atom is 0.242 e. The van der Waals surface area contributed by atoms with Gasteiger partial charge in [0.15, 0.2) is 0 Å². The molecule has 1 saturated carbocycles. The number of amides is 2. The van der Waals surface area contributed by atoms with Gasteiger partial charge in [0.05, 0.1) is 6.26 Å². The Morgan fingerprint density at radius 1 is 1.27 bits per heavy atom. The van der Waals surface area contributed by atoms with Crippen LogP contribution in [0.2, 0.25) is 0 Å². The van der Waals surface area contributed by atoms with Gasteiger partial charge in [0.25, 0.3) is 0 Å². The fourth-order valence-electron chi connectivity index (χ4n) is 4.07. The molecule has 148 valence electrons. The number of hydrogen-bond donors (Lipinski definition) is 2. The molecule has 3 aliphatic rings. The number of nitrogens with one attached hydrogen (secondary N) is 2. The number of fused-ring (bicyclic) bond motifs is 1. The van der Waals surface area contributed by atoms with E-state index in [-0.39, 0.29) is 35.9 Å². The quantitative estimate of drug-likeness (QED) is 0.607. The highest BCUT2D eigenvalue weighted by Crippen LogP contribution is 2.29. The van der Waals surface area contributed by atoms with E-state index in [1.165, 1.54) is 0 Å². The van der Waals surface area contributed by atoms with Crippen molar-refractivity contribution in [2.24, 2.45) is 11.8 Å². The van der Waals surface area contributed by atoms with Gasteiger partial charge < -0.3 is 10.2 Å². The van der Waals surface area contributed by atoms with E-state index in [9.17, 15) is 18.0 Å². The van der Waals surface area contributed by atoms with E-state index in [1.807, 2.05) is 0 Å². The first-order valence-corrected chi connectivity index (χ1v) is 11.3. The number of rotatable bonds is 7. The van der Waals surface area contributed by atoms with Gasteiger partial charge in [0, 0.05) is 44.2 Å². The Kier molecular flexibility index (Phi) is 5.60. The van der Waals surface area contributed by atoms with Crippen LogP contribution in [-0.4, -0.2) is 80.6 Å². The molecule has 1 aliphatic carbocycles. The molecule has 3 fully saturated rings. The largest absolute Gasteiger partial charge is 0.354 e. The summed E-state index contributed by atoms with van der Waals surface area (Å²) in [7, 11) is -3.30. The Morgan fingerprint density at radius 3 is 2.54 bits per heavy atom. The molecule has 0 aromatic carbocycles. The van der Waals surface area contributed by atoms with Gasteiger partial charge in [-0.1, -0.05) is 13.8 Å². The van der Waals surface area contributed by atoms with Crippen molar-refractivity contribution < 1.29 is 18.0 Å². The van der Waals surface area contributed by atoms with Gasteiger partial charge in [-0.3, -0.25) is 14.5 Å². The highest BCUT2D eigenvalue weighted by Gasteiger charge is 2.46. The highest BCUT2D eigenvalue weighted by atomic mass is 32.2. The van der Waals surface area contributed by atoms with E-state index in [0.717, 1.165) is 32.2 Å². The number of nitrogens with zero attached hydrogens (tertiary/aromatic N) is 2. The van der Waals surface area contributed by atoms with Crippen molar-refractivity contribution in [2.75, 3.05) is 32.4 Å². The van der Waals surface area contributed by atoms with Crippen molar-refractivity contribution in [1.82, 2.24) is 19.8 Å². The van der Waals surface area contributed by atoms with Crippen LogP contribution in [0, 0.1) is 11.8 Å². The summed E-state index contributed by atoms with van der Waals surface area (Å²) in [6, 6.07) is -0.580. The van der Waals surface area contributed by atoms with Gasteiger partial charge >= 0.3 is 0 Å². The SMILES string of the molecule is CC(C)CN1C[C@@H]2C[C@H](NS(C)(=O)=O)CN2C(=O)[C@@H]1CNC(=O)C1CC1. The Bertz CT molecular complexity index is 662. The van der Waals surface area contributed by atoms with Crippen molar-refractivity contribution in [3.05, 3.63) is 0 Å². The predicted molar refractivity (Wildman–Crippen MR) is 97.8 cm³/mol. The van der Waals surface area contributed by atoms with Crippen LogP contribution in [0.1, 0.15) is 33.1 Å². The third-order valence-corrected chi connectivity index (χ3v) is 6.03. The summed E-state index contributed by atoms with van der Waals surface area (Å²) in [5.41, 5.74) is 0. The van der Waals surface area contributed by atoms with E-state index >= 15 is 0 Å². The molecule has 0 aromatic heterocycles. The highest BCUT2D eigenvalue weighted by molar-refractivity contribution is 7.88. The molecular weight excluding hydrogens is 356 g/mol. The molecule has 3 rings (SSSR count). The summed E-state index contributed by atoms with van der Waals surface area (Å²) in [6.45, 7) is 6.45. The van der Waals surface area contributed by atoms with Crippen LogP contribution in [0.15, 0.2) is 0 Å². The smallest absolute Gasteiger partial charge is 0.242 e. The average Bonchev–Trinajstić information content (AvgIpc) is 3.27. The van der Waals surface area contributed by atoms with E-state index in [2.05, 4.69) is 28.8 Å². The molecule has 9 heteroatoms. The zero-order valence-corrected chi connectivity index (χ0v) is 16.6. The molecule has 2 aliphatic heterocycles. The summed E-state index contributed by atoms with van der Waals surface area (Å²) < 4.78 is 25.7. The second-order valence-electron chi connectivity index (χ2n) is 8.35. The standard InChI is InChI=1S/C17H30N4O4S/c1-11(2)8-20-10-14-6-13(19-26(3,24)25)9-21(14)17(23)15(20)7-18-16(22)12-4-5-12/h11-15,19H,4-10H2,1-3H3,(H,18,22)/t13-,14-,15-/m0/s1. The van der Waals surface area contributed by atoms with Crippen molar-refractivity contribution in [3.63, 3.8) is 0 Å². The Balaban J connectivity index is 1.68. The number of carbonyl (C=O) groups is 2. The topological polar surface area (TPSA) is 98.8 Å². The monoisotopic (exact) mass is 386 g/mol. The van der Waals surface area contributed by atoms with Crippen molar-refractivity contribution in [2.45, 2.75) is 51.2 Å². The maximum atomic E-state index is 13.1. The second-order valence-corrected chi connectivity index (χ2v) is 10.1. The maximum absolute atomic E-state index is 13.1. The van der Waals surface area contributed by atoms with Gasteiger partial charge in [-0.25, -0.2) is 13.1 Å². The number of hydrogen-bond acceptors (Lipinski definition) is 5. The zero-order chi connectivity index (χ0) is 19.1. The van der Waals surface area contributed by atoms with Crippen LogP contribution >= 0.6 is 0 Å². The van der Waals surface area contributed by atoms with Crippen molar-refractivity contribution in [1.29, 1.82) is 0 Å². The van der Waals surface area contributed by atoms with E-state index < -0.39 is 10.0 Å². The minimum atomic E-state index is -3.30. The number of sulfonamides is 1. The molecule has 2 heterocycles. The first-order valence-electron chi connectivity index (χ1n) is 9.43. The molecule has 2 amide bonds. The van der Waals surface area contributed by atoms with E-state index in [0.29, 0.717) is 25.4 Å². The zero-order valence-electron chi connectivity index (χ0n) is 15.8. The lowest BCUT2D eigenvalue weighted by Crippen LogP contribution is -2.63. The molecule has 0 spiro atoms. The van der Waals surface area contributed by atoms with Crippen molar-refractivity contribution >= 4 is 21.8 Å². The van der Waals surface area contributed by atoms with Crippen LogP contribution in [0.4, 0.5) is 0 Å². The molecule has 0 radical (unpaired) electrons. The van der Waals surface area contributed by atoms with Gasteiger partial charge in [-0.05, 0) is 25.2 Å². The van der Waals surface area contributed by atoms with Crippen LogP contribution in [0.3, 0.4) is 0 Å². The minimum Gasteiger partial charge on any atom is -0.354 e. The molecule has 2 N–H and O–H groups in total. The summed E-state index contributed by atoms with van der Waals surface area (Å²) in [6.07, 6.45) is 3.66. The van der Waals surface area contributed by atoms with Gasteiger partial charge in [0.1, 0.15) is 6.04 Å². The van der Waals surface area contributed by atoms with Gasteiger partial charge in [-0.2, -0.15) is 0 Å². The van der Waals surface area contributed by atoms with Crippen LogP contribution < -0.4 is 10.0 Å². The molecular formula is C17H30N4O4S. The van der Waals surface area contributed by atoms with Gasteiger partial charge in [0.2, 0.25) is 21.8 Å². The lowest BCUT2D eigenvalue weighted by atomic mass is 10.0. The Labute approximate surface area is 155 Å². The summed E-state index contributed by atoms with van der Waals surface area (Å²) in [5.74, 6) is 0.565. The summed E-state index contributed by atoms with van der Waals surface area (Å²) in [5, 5.41) is 2.94. The fourth-order valence-corrected chi connectivity index (χ4v) is 4.84. The third kappa shape index (κ3) is 4.75. The lowest BCUT2D eigenvalue weighted by Gasteiger charge is -2.43. The average molecular weight is 387 g/mol. The first-order chi connectivity index (χ1) is 12.1. The molecule has 3 atom stereocenters. The lowest BCUT2D eigenvalue weighted by molar-refractivity contribution is -0.144. The predicted octanol–water partition coefficient (Wildman–Crippen LogP) is -0.628. The molecule has 0 unspecified atom stereocenters. The molecule has 26 heavy (non-hydrogen) atoms. The third-order valence-electron chi connectivity index (χ3n) is 5.27. The first kappa shape index (κ1) is 19.6. The Hall–Kier alpha value is -1.19. The van der Waals surface area contributed by atoms with Crippen LogP contribution in [0.5, 0.6) is 0 Å². The normalized spacial score (nSPS) is 29.9. The second kappa shape index (κ2) is 7.44. The summed E-state index contributed by atoms with van der Waals surface area (Å²) >= 11 is 0. The van der Waals surface area contributed by atoms with Crippen LogP contribution in [-0.2, 0) is 19.6 Å². The summed E-state index contributed by atoms with van der Waals surface area (Å²) in [4.78, 5) is 29.0. The van der Waals surface area contributed by atoms with Crippen molar-refractivity contribution in [3.8, 4) is 0 Å². The molecule has 2 saturated heterocycles. The van der Waals surface area contributed by atoms with Gasteiger partial charge in [-0.15, -0.1) is 0 Å². The fraction of sp³-hybridized carbons (Fsp3) is 0.882. The Morgan fingerprint density at radius 2 is 1.96 bits per heavy atom. The number of piperazine rings is 1. The number of carbonyl (C=O) groups excluding carboxylic acids is 2.